The van der Waals surface area contributed by atoms with Gasteiger partial charge < -0.3 is 20.4 Å². The van der Waals surface area contributed by atoms with Gasteiger partial charge in [0.2, 0.25) is 5.91 Å². The van der Waals surface area contributed by atoms with Gasteiger partial charge in [0, 0.05) is 65.6 Å². The van der Waals surface area contributed by atoms with Crippen LogP contribution in [0.3, 0.4) is 0 Å². The summed E-state index contributed by atoms with van der Waals surface area (Å²) in [5.74, 6) is 0.617. The molecule has 1 aromatic heterocycles. The molecular weight excluding hydrogens is 437 g/mol. The van der Waals surface area contributed by atoms with Crippen molar-refractivity contribution in [2.24, 2.45) is 4.99 Å². The molecule has 9 nitrogen and oxygen atoms in total. The second-order valence-corrected chi connectivity index (χ2v) is 5.31. The smallest absolute Gasteiger partial charge is 0.271 e. The highest BCUT2D eigenvalue weighted by atomic mass is 127. The molecule has 0 spiro atoms. The zero-order valence-electron chi connectivity index (χ0n) is 14.4. The Morgan fingerprint density at radius 2 is 1.76 bits per heavy atom. The van der Waals surface area contributed by atoms with Crippen LogP contribution in [-0.2, 0) is 4.79 Å². The van der Waals surface area contributed by atoms with Crippen LogP contribution >= 0.6 is 24.0 Å². The number of amides is 2. The van der Waals surface area contributed by atoms with Crippen molar-refractivity contribution in [2.45, 2.75) is 6.92 Å². The van der Waals surface area contributed by atoms with Crippen LogP contribution < -0.4 is 10.6 Å². The summed E-state index contributed by atoms with van der Waals surface area (Å²) in [6.45, 7) is 5.45. The van der Waals surface area contributed by atoms with E-state index in [2.05, 4.69) is 30.5 Å². The van der Waals surface area contributed by atoms with E-state index >= 15 is 0 Å². The molecule has 2 N–H and O–H groups in total. The maximum atomic E-state index is 11.8. The third-order valence-electron chi connectivity index (χ3n) is 3.73. The molecule has 1 aromatic rings. The van der Waals surface area contributed by atoms with Gasteiger partial charge in [0.25, 0.3) is 5.91 Å². The third-order valence-corrected chi connectivity index (χ3v) is 3.73. The van der Waals surface area contributed by atoms with Crippen molar-refractivity contribution in [1.29, 1.82) is 0 Å². The molecular formula is C15H24IN7O2. The fourth-order valence-corrected chi connectivity index (χ4v) is 2.42. The van der Waals surface area contributed by atoms with Gasteiger partial charge >= 0.3 is 0 Å². The standard InChI is InChI=1S/C15H23N7O2.HI/c1-12(23)21-7-9-22(10-8-21)15(16-2)20-6-5-19-14(24)13-11-17-3-4-18-13;/h3-4,11H,5-10H2,1-2H3,(H,16,20)(H,19,24);1H. The van der Waals surface area contributed by atoms with Crippen LogP contribution in [-0.4, -0.2) is 83.9 Å². The SMILES string of the molecule is CN=C(NCCNC(=O)c1cnccn1)N1CCN(C(C)=O)CC1.I. The molecule has 25 heavy (non-hydrogen) atoms. The number of hydrogen-bond donors (Lipinski definition) is 2. The summed E-state index contributed by atoms with van der Waals surface area (Å²) in [7, 11) is 1.72. The topological polar surface area (TPSA) is 103 Å². The van der Waals surface area contributed by atoms with Crippen molar-refractivity contribution in [1.82, 2.24) is 30.4 Å². The number of rotatable bonds is 4. The number of aliphatic imine (C=N–C) groups is 1. The van der Waals surface area contributed by atoms with Gasteiger partial charge in [0.1, 0.15) is 5.69 Å². The Balaban J connectivity index is 0.00000312. The number of carbonyl (C=O) groups is 2. The Bertz CT molecular complexity index is 589. The molecule has 0 radical (unpaired) electrons. The van der Waals surface area contributed by atoms with E-state index in [1.54, 1.807) is 14.0 Å². The maximum Gasteiger partial charge on any atom is 0.271 e. The average Bonchev–Trinajstić information content (AvgIpc) is 2.62. The molecule has 1 aliphatic heterocycles. The molecule has 2 rings (SSSR count). The number of hydrogen-bond acceptors (Lipinski definition) is 5. The second kappa shape index (κ2) is 10.8. The first kappa shape index (κ1) is 21.1. The first-order valence-corrected chi connectivity index (χ1v) is 7.87. The number of nitrogens with one attached hydrogen (secondary N) is 2. The average molecular weight is 461 g/mol. The van der Waals surface area contributed by atoms with Crippen molar-refractivity contribution in [3.63, 3.8) is 0 Å². The van der Waals surface area contributed by atoms with E-state index in [0.717, 1.165) is 19.0 Å². The van der Waals surface area contributed by atoms with Crippen LogP contribution in [0.2, 0.25) is 0 Å². The van der Waals surface area contributed by atoms with Crippen LogP contribution in [0.5, 0.6) is 0 Å². The molecule has 2 heterocycles. The van der Waals surface area contributed by atoms with Gasteiger partial charge in [-0.1, -0.05) is 0 Å². The molecule has 2 amide bonds. The molecule has 0 bridgehead atoms. The lowest BCUT2D eigenvalue weighted by molar-refractivity contribution is -0.130. The summed E-state index contributed by atoms with van der Waals surface area (Å²) in [6.07, 6.45) is 4.43. The third kappa shape index (κ3) is 6.44. The van der Waals surface area contributed by atoms with Gasteiger partial charge in [0.05, 0.1) is 6.20 Å². The molecule has 1 saturated heterocycles. The fraction of sp³-hybridized carbons (Fsp3) is 0.533. The summed E-state index contributed by atoms with van der Waals surface area (Å²) in [6, 6.07) is 0. The monoisotopic (exact) mass is 461 g/mol. The molecule has 0 atom stereocenters. The number of nitrogens with zero attached hydrogens (tertiary/aromatic N) is 5. The van der Waals surface area contributed by atoms with Gasteiger partial charge in [-0.25, -0.2) is 4.98 Å². The highest BCUT2D eigenvalue weighted by Gasteiger charge is 2.20. The summed E-state index contributed by atoms with van der Waals surface area (Å²) in [4.78, 5) is 39.2. The van der Waals surface area contributed by atoms with Crippen molar-refractivity contribution in [3.05, 3.63) is 24.3 Å². The zero-order valence-corrected chi connectivity index (χ0v) is 16.8. The molecule has 138 valence electrons. The predicted molar refractivity (Wildman–Crippen MR) is 105 cm³/mol. The second-order valence-electron chi connectivity index (χ2n) is 5.31. The van der Waals surface area contributed by atoms with E-state index in [-0.39, 0.29) is 35.8 Å². The van der Waals surface area contributed by atoms with Crippen molar-refractivity contribution < 1.29 is 9.59 Å². The van der Waals surface area contributed by atoms with E-state index in [1.807, 2.05) is 4.90 Å². The largest absolute Gasteiger partial charge is 0.354 e. The highest BCUT2D eigenvalue weighted by Crippen LogP contribution is 2.02. The maximum absolute atomic E-state index is 11.8. The Morgan fingerprint density at radius 3 is 2.32 bits per heavy atom. The number of piperazine rings is 1. The first-order chi connectivity index (χ1) is 11.6. The van der Waals surface area contributed by atoms with Crippen LogP contribution in [0.1, 0.15) is 17.4 Å². The summed E-state index contributed by atoms with van der Waals surface area (Å²) < 4.78 is 0. The molecule has 0 saturated carbocycles. The molecule has 1 aliphatic rings. The van der Waals surface area contributed by atoms with Gasteiger partial charge in [-0.05, 0) is 0 Å². The quantitative estimate of drug-likeness (QED) is 0.273. The van der Waals surface area contributed by atoms with Gasteiger partial charge in [-0.3, -0.25) is 19.6 Å². The van der Waals surface area contributed by atoms with E-state index < -0.39 is 0 Å². The number of aromatic nitrogens is 2. The zero-order chi connectivity index (χ0) is 17.4. The minimum atomic E-state index is -0.255. The molecule has 0 aliphatic carbocycles. The lowest BCUT2D eigenvalue weighted by Crippen LogP contribution is -2.54. The highest BCUT2D eigenvalue weighted by molar-refractivity contribution is 14.0. The van der Waals surface area contributed by atoms with Crippen LogP contribution in [0.15, 0.2) is 23.6 Å². The normalized spacial score (nSPS) is 14.6. The van der Waals surface area contributed by atoms with E-state index in [4.69, 9.17) is 0 Å². The van der Waals surface area contributed by atoms with Crippen LogP contribution in [0.25, 0.3) is 0 Å². The summed E-state index contributed by atoms with van der Waals surface area (Å²) >= 11 is 0. The fourth-order valence-electron chi connectivity index (χ4n) is 2.42. The van der Waals surface area contributed by atoms with Crippen molar-refractivity contribution >= 4 is 41.8 Å². The first-order valence-electron chi connectivity index (χ1n) is 7.87. The molecule has 10 heteroatoms. The summed E-state index contributed by atoms with van der Waals surface area (Å²) in [5.41, 5.74) is 0.294. The van der Waals surface area contributed by atoms with Crippen molar-refractivity contribution in [2.75, 3.05) is 46.3 Å². The Kier molecular flexibility index (Phi) is 9.10. The minimum absolute atomic E-state index is 0. The number of carbonyl (C=O) groups excluding carboxylic acids is 2. The Labute approximate surface area is 164 Å². The van der Waals surface area contributed by atoms with Crippen LogP contribution in [0.4, 0.5) is 0 Å². The predicted octanol–water partition coefficient (Wildman–Crippen LogP) is -0.436. The Hall–Kier alpha value is -1.98. The molecule has 1 fully saturated rings. The lowest BCUT2D eigenvalue weighted by atomic mass is 10.3. The van der Waals surface area contributed by atoms with Crippen LogP contribution in [0, 0.1) is 0 Å². The Morgan fingerprint density at radius 1 is 1.12 bits per heavy atom. The van der Waals surface area contributed by atoms with Crippen molar-refractivity contribution in [3.8, 4) is 0 Å². The van der Waals surface area contributed by atoms with E-state index in [0.29, 0.717) is 31.9 Å². The lowest BCUT2D eigenvalue weighted by Gasteiger charge is -2.36. The molecule has 0 unspecified atom stereocenters. The number of guanidine groups is 1. The minimum Gasteiger partial charge on any atom is -0.354 e. The van der Waals surface area contributed by atoms with Gasteiger partial charge in [-0.2, -0.15) is 0 Å². The van der Waals surface area contributed by atoms with E-state index in [9.17, 15) is 9.59 Å². The van der Waals surface area contributed by atoms with Gasteiger partial charge in [0.15, 0.2) is 5.96 Å². The molecule has 0 aromatic carbocycles. The number of halogens is 1. The van der Waals surface area contributed by atoms with Gasteiger partial charge in [-0.15, -0.1) is 24.0 Å². The summed E-state index contributed by atoms with van der Waals surface area (Å²) in [5, 5.41) is 5.98. The van der Waals surface area contributed by atoms with E-state index in [1.165, 1.54) is 18.6 Å².